The molecular weight excluding hydrogens is 294 g/mol. The van der Waals surface area contributed by atoms with Gasteiger partial charge in [-0.05, 0) is 42.5 Å². The van der Waals surface area contributed by atoms with E-state index >= 15 is 0 Å². The third kappa shape index (κ3) is 2.33. The van der Waals surface area contributed by atoms with Crippen molar-refractivity contribution < 1.29 is 23.8 Å². The average molecular weight is 307 g/mol. The maximum atomic E-state index is 12.1. The highest BCUT2D eigenvalue weighted by Crippen LogP contribution is 2.43. The molecule has 0 atom stereocenters. The van der Waals surface area contributed by atoms with Crippen LogP contribution in [-0.4, -0.2) is 36.5 Å². The second-order valence-corrected chi connectivity index (χ2v) is 5.38. The van der Waals surface area contributed by atoms with Crippen LogP contribution in [0.2, 0.25) is 0 Å². The van der Waals surface area contributed by atoms with Crippen LogP contribution in [0.25, 0.3) is 6.08 Å². The Bertz CT molecular complexity index is 655. The standard InChI is InChI=1S/C14H13NO5S/c1-3-15-13(16)11(21-14(15)17)6-8-4-9(18-2)12-10(5-8)19-7-20-12/h4-6H,3,7H2,1-2H3/b11-6-. The van der Waals surface area contributed by atoms with Gasteiger partial charge < -0.3 is 14.2 Å². The van der Waals surface area contributed by atoms with Crippen molar-refractivity contribution in [1.29, 1.82) is 0 Å². The second kappa shape index (κ2) is 5.33. The summed E-state index contributed by atoms with van der Waals surface area (Å²) in [6.07, 6.45) is 1.66. The van der Waals surface area contributed by atoms with E-state index in [9.17, 15) is 9.59 Å². The van der Waals surface area contributed by atoms with E-state index < -0.39 is 0 Å². The highest BCUT2D eigenvalue weighted by atomic mass is 32.2. The molecule has 1 aromatic rings. The fourth-order valence-corrected chi connectivity index (χ4v) is 3.06. The molecule has 0 bridgehead atoms. The number of rotatable bonds is 3. The van der Waals surface area contributed by atoms with Crippen molar-refractivity contribution in [3.05, 3.63) is 22.6 Å². The summed E-state index contributed by atoms with van der Waals surface area (Å²) in [6.45, 7) is 2.27. The van der Waals surface area contributed by atoms with Crippen molar-refractivity contribution in [2.24, 2.45) is 0 Å². The molecule has 1 saturated heterocycles. The number of methoxy groups -OCH3 is 1. The average Bonchev–Trinajstić information content (AvgIpc) is 3.03. The Morgan fingerprint density at radius 1 is 1.38 bits per heavy atom. The smallest absolute Gasteiger partial charge is 0.293 e. The first kappa shape index (κ1) is 13.8. The first-order chi connectivity index (χ1) is 10.1. The molecule has 1 fully saturated rings. The molecule has 2 heterocycles. The van der Waals surface area contributed by atoms with Gasteiger partial charge in [0.05, 0.1) is 12.0 Å². The largest absolute Gasteiger partial charge is 0.493 e. The third-order valence-corrected chi connectivity index (χ3v) is 4.08. The highest BCUT2D eigenvalue weighted by molar-refractivity contribution is 8.18. The lowest BCUT2D eigenvalue weighted by atomic mass is 10.1. The molecule has 6 nitrogen and oxygen atoms in total. The topological polar surface area (TPSA) is 65.1 Å². The van der Waals surface area contributed by atoms with Gasteiger partial charge in [-0.15, -0.1) is 0 Å². The zero-order valence-corrected chi connectivity index (χ0v) is 12.4. The summed E-state index contributed by atoms with van der Waals surface area (Å²) in [7, 11) is 1.53. The lowest BCUT2D eigenvalue weighted by Crippen LogP contribution is -2.27. The predicted octanol–water partition coefficient (Wildman–Crippen LogP) is 2.48. The van der Waals surface area contributed by atoms with Crippen LogP contribution in [0.15, 0.2) is 17.0 Å². The van der Waals surface area contributed by atoms with E-state index in [2.05, 4.69) is 0 Å². The number of likely N-dealkylation sites (N-methyl/N-ethyl adjacent to an activating group) is 1. The van der Waals surface area contributed by atoms with Crippen LogP contribution in [0.5, 0.6) is 17.2 Å². The van der Waals surface area contributed by atoms with Gasteiger partial charge in [0, 0.05) is 6.54 Å². The molecule has 0 aromatic heterocycles. The van der Waals surface area contributed by atoms with Crippen LogP contribution in [-0.2, 0) is 4.79 Å². The molecule has 0 saturated carbocycles. The Hall–Kier alpha value is -2.15. The monoisotopic (exact) mass is 307 g/mol. The quantitative estimate of drug-likeness (QED) is 0.799. The van der Waals surface area contributed by atoms with Gasteiger partial charge in [-0.25, -0.2) is 0 Å². The molecule has 21 heavy (non-hydrogen) atoms. The molecular formula is C14H13NO5S. The van der Waals surface area contributed by atoms with E-state index in [4.69, 9.17) is 14.2 Å². The van der Waals surface area contributed by atoms with Gasteiger partial charge in [-0.2, -0.15) is 0 Å². The van der Waals surface area contributed by atoms with Gasteiger partial charge in [0.2, 0.25) is 12.5 Å². The van der Waals surface area contributed by atoms with Crippen molar-refractivity contribution in [3.8, 4) is 17.2 Å². The van der Waals surface area contributed by atoms with Crippen LogP contribution in [0, 0.1) is 0 Å². The minimum Gasteiger partial charge on any atom is -0.493 e. The molecule has 110 valence electrons. The lowest BCUT2D eigenvalue weighted by Gasteiger charge is -2.07. The Kier molecular flexibility index (Phi) is 3.50. The van der Waals surface area contributed by atoms with Gasteiger partial charge in [0.1, 0.15) is 0 Å². The van der Waals surface area contributed by atoms with Crippen LogP contribution in [0.1, 0.15) is 12.5 Å². The van der Waals surface area contributed by atoms with Gasteiger partial charge in [0.25, 0.3) is 11.1 Å². The Morgan fingerprint density at radius 2 is 2.19 bits per heavy atom. The zero-order chi connectivity index (χ0) is 15.0. The number of carbonyl (C=O) groups is 2. The Balaban J connectivity index is 1.97. The summed E-state index contributed by atoms with van der Waals surface area (Å²) in [6, 6.07) is 3.50. The van der Waals surface area contributed by atoms with Crippen molar-refractivity contribution in [2.45, 2.75) is 6.92 Å². The van der Waals surface area contributed by atoms with Crippen LogP contribution >= 0.6 is 11.8 Å². The molecule has 0 aliphatic carbocycles. The second-order valence-electron chi connectivity index (χ2n) is 4.38. The number of fused-ring (bicyclic) bond motifs is 1. The lowest BCUT2D eigenvalue weighted by molar-refractivity contribution is -0.122. The molecule has 2 aliphatic heterocycles. The summed E-state index contributed by atoms with van der Waals surface area (Å²) >= 11 is 0.934. The zero-order valence-electron chi connectivity index (χ0n) is 11.5. The number of ether oxygens (including phenoxy) is 3. The van der Waals surface area contributed by atoms with E-state index in [1.165, 1.54) is 12.0 Å². The summed E-state index contributed by atoms with van der Waals surface area (Å²) in [4.78, 5) is 25.4. The number of benzene rings is 1. The molecule has 0 spiro atoms. The first-order valence-electron chi connectivity index (χ1n) is 6.37. The van der Waals surface area contributed by atoms with Crippen LogP contribution in [0.3, 0.4) is 0 Å². The fraction of sp³-hybridized carbons (Fsp3) is 0.286. The predicted molar refractivity (Wildman–Crippen MR) is 77.5 cm³/mol. The summed E-state index contributed by atoms with van der Waals surface area (Å²) in [5.74, 6) is 1.38. The maximum absolute atomic E-state index is 12.1. The first-order valence-corrected chi connectivity index (χ1v) is 7.18. The van der Waals surface area contributed by atoms with E-state index in [1.807, 2.05) is 0 Å². The molecule has 2 aliphatic rings. The summed E-state index contributed by atoms with van der Waals surface area (Å²) in [5, 5.41) is -0.249. The SMILES string of the molecule is CCN1C(=O)S/C(=C\c2cc(OC)c3c(c2)OCO3)C1=O. The van der Waals surface area contributed by atoms with Crippen LogP contribution < -0.4 is 14.2 Å². The van der Waals surface area contributed by atoms with E-state index in [0.29, 0.717) is 28.7 Å². The number of hydrogen-bond acceptors (Lipinski definition) is 6. The maximum Gasteiger partial charge on any atom is 0.293 e. The molecule has 0 N–H and O–H groups in total. The van der Waals surface area contributed by atoms with Crippen molar-refractivity contribution in [3.63, 3.8) is 0 Å². The minimum absolute atomic E-state index is 0.140. The van der Waals surface area contributed by atoms with Gasteiger partial charge in [-0.3, -0.25) is 14.5 Å². The number of nitrogens with zero attached hydrogens (tertiary/aromatic N) is 1. The highest BCUT2D eigenvalue weighted by Gasteiger charge is 2.33. The molecule has 2 amide bonds. The van der Waals surface area contributed by atoms with Crippen molar-refractivity contribution in [2.75, 3.05) is 20.4 Å². The minimum atomic E-state index is -0.274. The van der Waals surface area contributed by atoms with E-state index in [0.717, 1.165) is 17.3 Å². The number of imide groups is 1. The fourth-order valence-electron chi connectivity index (χ4n) is 2.16. The van der Waals surface area contributed by atoms with Crippen molar-refractivity contribution in [1.82, 2.24) is 4.90 Å². The molecule has 3 rings (SSSR count). The van der Waals surface area contributed by atoms with Gasteiger partial charge in [-0.1, -0.05) is 0 Å². The number of hydrogen-bond donors (Lipinski definition) is 0. The van der Waals surface area contributed by atoms with Gasteiger partial charge >= 0.3 is 0 Å². The Morgan fingerprint density at radius 3 is 2.86 bits per heavy atom. The van der Waals surface area contributed by atoms with Crippen LogP contribution in [0.4, 0.5) is 4.79 Å². The van der Waals surface area contributed by atoms with Gasteiger partial charge in [0.15, 0.2) is 11.5 Å². The molecule has 7 heteroatoms. The normalized spacial score (nSPS) is 18.8. The third-order valence-electron chi connectivity index (χ3n) is 3.17. The Labute approximate surface area is 125 Å². The number of amides is 2. The van der Waals surface area contributed by atoms with E-state index in [1.54, 1.807) is 25.1 Å². The number of carbonyl (C=O) groups excluding carboxylic acids is 2. The molecule has 0 unspecified atom stereocenters. The summed E-state index contributed by atoms with van der Waals surface area (Å²) in [5.41, 5.74) is 0.720. The van der Waals surface area contributed by atoms with E-state index in [-0.39, 0.29) is 17.9 Å². The molecule has 1 aromatic carbocycles. The number of thioether (sulfide) groups is 1. The molecule has 0 radical (unpaired) electrons. The summed E-state index contributed by atoms with van der Waals surface area (Å²) < 4.78 is 15.9. The van der Waals surface area contributed by atoms with Crippen molar-refractivity contribution >= 4 is 29.0 Å².